The quantitative estimate of drug-likeness (QED) is 0.717. The number of imidazole rings is 1. The van der Waals surface area contributed by atoms with Gasteiger partial charge in [0.2, 0.25) is 5.95 Å². The highest BCUT2D eigenvalue weighted by Crippen LogP contribution is 2.18. The Bertz CT molecular complexity index is 723. The standard InChI is InChI=1S/C12H11ClN6/c1-7-3-2-4-8(17-7)5-14-12-18-10(13)9-11(19-12)16-6-15-9/h2-4,6H,5H2,1H3,(H2,14,15,16,18,19). The first-order valence-electron chi connectivity index (χ1n) is 5.75. The van der Waals surface area contributed by atoms with E-state index in [0.29, 0.717) is 28.8 Å². The van der Waals surface area contributed by atoms with Crippen molar-refractivity contribution in [3.8, 4) is 0 Å². The molecular weight excluding hydrogens is 264 g/mol. The highest BCUT2D eigenvalue weighted by molar-refractivity contribution is 6.33. The van der Waals surface area contributed by atoms with Crippen molar-refractivity contribution in [1.29, 1.82) is 0 Å². The second-order valence-corrected chi connectivity index (χ2v) is 4.42. The minimum absolute atomic E-state index is 0.349. The normalized spacial score (nSPS) is 10.8. The van der Waals surface area contributed by atoms with Gasteiger partial charge in [-0.05, 0) is 19.1 Å². The average Bonchev–Trinajstić information content (AvgIpc) is 2.85. The molecule has 3 rings (SSSR count). The van der Waals surface area contributed by atoms with Crippen LogP contribution in [0.25, 0.3) is 11.2 Å². The lowest BCUT2D eigenvalue weighted by atomic mass is 10.3. The number of nitrogens with zero attached hydrogens (tertiary/aromatic N) is 4. The van der Waals surface area contributed by atoms with Crippen LogP contribution in [0, 0.1) is 6.92 Å². The second kappa shape index (κ2) is 4.81. The molecule has 6 nitrogen and oxygen atoms in total. The summed E-state index contributed by atoms with van der Waals surface area (Å²) in [6, 6.07) is 5.85. The van der Waals surface area contributed by atoms with E-state index in [0.717, 1.165) is 11.4 Å². The van der Waals surface area contributed by atoms with Crippen molar-refractivity contribution in [2.75, 3.05) is 5.32 Å². The SMILES string of the molecule is Cc1cccc(CNc2nc(Cl)c3[nH]cnc3n2)n1. The smallest absolute Gasteiger partial charge is 0.226 e. The molecule has 0 radical (unpaired) electrons. The van der Waals surface area contributed by atoms with Crippen molar-refractivity contribution < 1.29 is 0 Å². The molecular formula is C12H11ClN6. The van der Waals surface area contributed by atoms with E-state index in [9.17, 15) is 0 Å². The summed E-state index contributed by atoms with van der Waals surface area (Å²) < 4.78 is 0. The number of rotatable bonds is 3. The minimum Gasteiger partial charge on any atom is -0.348 e. The fraction of sp³-hybridized carbons (Fsp3) is 0.167. The summed E-state index contributed by atoms with van der Waals surface area (Å²) in [5, 5.41) is 3.44. The zero-order chi connectivity index (χ0) is 13.2. The van der Waals surface area contributed by atoms with Gasteiger partial charge in [-0.15, -0.1) is 0 Å². The fourth-order valence-corrected chi connectivity index (χ4v) is 1.96. The van der Waals surface area contributed by atoms with E-state index in [2.05, 4.69) is 30.2 Å². The number of pyridine rings is 1. The van der Waals surface area contributed by atoms with Gasteiger partial charge in [0.05, 0.1) is 18.6 Å². The van der Waals surface area contributed by atoms with Crippen LogP contribution in [0.3, 0.4) is 0 Å². The third-order valence-electron chi connectivity index (χ3n) is 2.62. The van der Waals surface area contributed by atoms with Crippen molar-refractivity contribution in [3.05, 3.63) is 41.1 Å². The topological polar surface area (TPSA) is 79.4 Å². The molecule has 19 heavy (non-hydrogen) atoms. The van der Waals surface area contributed by atoms with E-state index in [1.807, 2.05) is 25.1 Å². The van der Waals surface area contributed by atoms with Gasteiger partial charge in [0.1, 0.15) is 5.52 Å². The largest absolute Gasteiger partial charge is 0.348 e. The summed E-state index contributed by atoms with van der Waals surface area (Å²) in [5.74, 6) is 0.438. The van der Waals surface area contributed by atoms with Crippen LogP contribution in [0.1, 0.15) is 11.4 Å². The summed E-state index contributed by atoms with van der Waals surface area (Å²) in [5.41, 5.74) is 3.07. The van der Waals surface area contributed by atoms with Crippen LogP contribution in [0.4, 0.5) is 5.95 Å². The predicted molar refractivity (Wildman–Crippen MR) is 73.0 cm³/mol. The molecule has 2 N–H and O–H groups in total. The van der Waals surface area contributed by atoms with Crippen LogP contribution in [0.5, 0.6) is 0 Å². The Hall–Kier alpha value is -2.21. The molecule has 0 aromatic carbocycles. The van der Waals surface area contributed by atoms with E-state index in [-0.39, 0.29) is 0 Å². The Morgan fingerprint density at radius 3 is 3.00 bits per heavy atom. The van der Waals surface area contributed by atoms with Gasteiger partial charge in [0.25, 0.3) is 0 Å². The first-order valence-corrected chi connectivity index (χ1v) is 6.13. The maximum Gasteiger partial charge on any atom is 0.226 e. The molecule has 0 aliphatic heterocycles. The minimum atomic E-state index is 0.349. The van der Waals surface area contributed by atoms with Crippen LogP contribution >= 0.6 is 11.6 Å². The highest BCUT2D eigenvalue weighted by atomic mass is 35.5. The van der Waals surface area contributed by atoms with E-state index in [1.54, 1.807) is 0 Å². The van der Waals surface area contributed by atoms with Crippen molar-refractivity contribution in [1.82, 2.24) is 24.9 Å². The molecule has 96 valence electrons. The van der Waals surface area contributed by atoms with Gasteiger partial charge in [-0.3, -0.25) is 4.98 Å². The molecule has 0 aliphatic rings. The van der Waals surface area contributed by atoms with Crippen molar-refractivity contribution in [2.45, 2.75) is 13.5 Å². The Morgan fingerprint density at radius 1 is 1.26 bits per heavy atom. The summed E-state index contributed by atoms with van der Waals surface area (Å²) in [6.07, 6.45) is 1.54. The highest BCUT2D eigenvalue weighted by Gasteiger charge is 2.07. The zero-order valence-electron chi connectivity index (χ0n) is 10.2. The monoisotopic (exact) mass is 274 g/mol. The average molecular weight is 275 g/mol. The van der Waals surface area contributed by atoms with Crippen LogP contribution in [-0.4, -0.2) is 24.9 Å². The number of halogens is 1. The van der Waals surface area contributed by atoms with E-state index in [1.165, 1.54) is 6.33 Å². The predicted octanol–water partition coefficient (Wildman–Crippen LogP) is 2.32. The van der Waals surface area contributed by atoms with Gasteiger partial charge in [0.15, 0.2) is 10.8 Å². The molecule has 0 spiro atoms. The van der Waals surface area contributed by atoms with Gasteiger partial charge in [-0.1, -0.05) is 17.7 Å². The summed E-state index contributed by atoms with van der Waals surface area (Å²) in [6.45, 7) is 2.49. The molecule has 0 fully saturated rings. The van der Waals surface area contributed by atoms with Crippen molar-refractivity contribution in [3.63, 3.8) is 0 Å². The molecule has 0 unspecified atom stereocenters. The van der Waals surface area contributed by atoms with E-state index >= 15 is 0 Å². The van der Waals surface area contributed by atoms with Crippen LogP contribution < -0.4 is 5.32 Å². The molecule has 0 aliphatic carbocycles. The Balaban J connectivity index is 1.81. The lowest BCUT2D eigenvalue weighted by Gasteiger charge is -2.05. The van der Waals surface area contributed by atoms with Crippen LogP contribution in [-0.2, 0) is 6.54 Å². The van der Waals surface area contributed by atoms with Crippen molar-refractivity contribution in [2.24, 2.45) is 0 Å². The first-order chi connectivity index (χ1) is 9.22. The molecule has 3 heterocycles. The third kappa shape index (κ3) is 2.48. The molecule has 0 saturated heterocycles. The number of hydrogen-bond acceptors (Lipinski definition) is 5. The number of aromatic amines is 1. The molecule has 3 aromatic rings. The lowest BCUT2D eigenvalue weighted by Crippen LogP contribution is -2.05. The van der Waals surface area contributed by atoms with Crippen LogP contribution in [0.15, 0.2) is 24.5 Å². The molecule has 0 bridgehead atoms. The Labute approximate surface area is 114 Å². The van der Waals surface area contributed by atoms with Gasteiger partial charge < -0.3 is 10.3 Å². The molecule has 0 amide bonds. The van der Waals surface area contributed by atoms with Gasteiger partial charge in [0, 0.05) is 5.69 Å². The maximum absolute atomic E-state index is 6.03. The molecule has 0 saturated carbocycles. The van der Waals surface area contributed by atoms with Gasteiger partial charge in [-0.2, -0.15) is 9.97 Å². The third-order valence-corrected chi connectivity index (χ3v) is 2.89. The van der Waals surface area contributed by atoms with Gasteiger partial charge >= 0.3 is 0 Å². The van der Waals surface area contributed by atoms with E-state index in [4.69, 9.17) is 11.6 Å². The molecule has 3 aromatic heterocycles. The lowest BCUT2D eigenvalue weighted by molar-refractivity contribution is 0.988. The first kappa shape index (κ1) is 11.9. The van der Waals surface area contributed by atoms with Crippen LogP contribution in [0.2, 0.25) is 5.15 Å². The Morgan fingerprint density at radius 2 is 2.16 bits per heavy atom. The number of fused-ring (bicyclic) bond motifs is 1. The molecule has 7 heteroatoms. The number of anilines is 1. The fourth-order valence-electron chi connectivity index (χ4n) is 1.74. The summed E-state index contributed by atoms with van der Waals surface area (Å²) >= 11 is 6.03. The molecule has 0 atom stereocenters. The maximum atomic E-state index is 6.03. The zero-order valence-corrected chi connectivity index (χ0v) is 10.9. The van der Waals surface area contributed by atoms with E-state index < -0.39 is 0 Å². The number of nitrogens with one attached hydrogen (secondary N) is 2. The Kier molecular flexibility index (Phi) is 3.00. The number of hydrogen-bond donors (Lipinski definition) is 2. The summed E-state index contributed by atoms with van der Waals surface area (Å²) in [4.78, 5) is 19.8. The van der Waals surface area contributed by atoms with Crippen molar-refractivity contribution >= 4 is 28.7 Å². The number of aromatic nitrogens is 5. The summed E-state index contributed by atoms with van der Waals surface area (Å²) in [7, 11) is 0. The number of H-pyrrole nitrogens is 1. The van der Waals surface area contributed by atoms with Gasteiger partial charge in [-0.25, -0.2) is 4.98 Å². The number of aryl methyl sites for hydroxylation is 1. The second-order valence-electron chi connectivity index (χ2n) is 4.06.